The van der Waals surface area contributed by atoms with E-state index < -0.39 is 0 Å². The average molecular weight is 390 g/mol. The zero-order valence-electron chi connectivity index (χ0n) is 15.1. The highest BCUT2D eigenvalue weighted by Gasteiger charge is 2.12. The van der Waals surface area contributed by atoms with Crippen LogP contribution in [0.2, 0.25) is 0 Å². The van der Waals surface area contributed by atoms with Gasteiger partial charge in [-0.15, -0.1) is 9.24 Å². The van der Waals surface area contributed by atoms with Gasteiger partial charge in [-0.2, -0.15) is 0 Å². The highest BCUT2D eigenvalue weighted by atomic mass is 31.0. The Balaban J connectivity index is 1.45. The first kappa shape index (κ1) is 18.1. The summed E-state index contributed by atoms with van der Waals surface area (Å²) >= 11 is 0. The smallest absolute Gasteiger partial charge is 0.170 e. The lowest BCUT2D eigenvalue weighted by atomic mass is 10.1. The van der Waals surface area contributed by atoms with E-state index in [-0.39, 0.29) is 0 Å². The van der Waals surface area contributed by atoms with E-state index in [1.807, 2.05) is 54.6 Å². The Morgan fingerprint density at radius 3 is 2.64 bits per heavy atom. The quantitative estimate of drug-likeness (QED) is 0.508. The van der Waals surface area contributed by atoms with Gasteiger partial charge >= 0.3 is 0 Å². The number of nitrogens with zero attached hydrogens (tertiary/aromatic N) is 3. The number of hydrogen-bond acceptors (Lipinski definition) is 6. The van der Waals surface area contributed by atoms with Crippen LogP contribution in [-0.2, 0) is 13.0 Å². The van der Waals surface area contributed by atoms with Gasteiger partial charge in [-0.1, -0.05) is 17.3 Å². The van der Waals surface area contributed by atoms with Crippen LogP contribution in [0.4, 0.5) is 5.82 Å². The summed E-state index contributed by atoms with van der Waals surface area (Å²) in [6, 6.07) is 17.3. The van der Waals surface area contributed by atoms with Gasteiger partial charge in [0.1, 0.15) is 18.2 Å². The van der Waals surface area contributed by atoms with Gasteiger partial charge in [0, 0.05) is 24.9 Å². The maximum absolute atomic E-state index is 5.91. The Bertz CT molecular complexity index is 1080. The van der Waals surface area contributed by atoms with Crippen molar-refractivity contribution in [3.05, 3.63) is 83.9 Å². The van der Waals surface area contributed by atoms with E-state index in [4.69, 9.17) is 15.0 Å². The fourth-order valence-corrected chi connectivity index (χ4v) is 3.17. The summed E-state index contributed by atoms with van der Waals surface area (Å²) in [5.74, 6) is 1.83. The molecule has 1 aromatic carbocycles. The topological polar surface area (TPSA) is 87.1 Å². The van der Waals surface area contributed by atoms with E-state index in [1.165, 1.54) is 0 Å². The van der Waals surface area contributed by atoms with Gasteiger partial charge in [-0.05, 0) is 47.3 Å². The van der Waals surface area contributed by atoms with Gasteiger partial charge in [0.15, 0.2) is 5.76 Å². The lowest BCUT2D eigenvalue weighted by Gasteiger charge is -2.09. The Morgan fingerprint density at radius 2 is 1.86 bits per heavy atom. The number of anilines is 1. The van der Waals surface area contributed by atoms with Crippen LogP contribution in [0.15, 0.2) is 71.5 Å². The largest absolute Gasteiger partial charge is 0.487 e. The molecule has 7 heteroatoms. The number of rotatable bonds is 6. The Morgan fingerprint density at radius 1 is 0.964 bits per heavy atom. The second-order valence-corrected chi connectivity index (χ2v) is 6.89. The molecule has 0 aliphatic heterocycles. The van der Waals surface area contributed by atoms with Crippen LogP contribution in [0, 0.1) is 0 Å². The van der Waals surface area contributed by atoms with Gasteiger partial charge in [-0.3, -0.25) is 4.98 Å². The van der Waals surface area contributed by atoms with Crippen molar-refractivity contribution in [2.45, 2.75) is 13.0 Å². The Hall–Kier alpha value is -3.24. The van der Waals surface area contributed by atoms with Gasteiger partial charge in [0.2, 0.25) is 0 Å². The van der Waals surface area contributed by atoms with Crippen molar-refractivity contribution in [1.82, 2.24) is 15.1 Å². The molecule has 0 saturated carbocycles. The third-order valence-electron chi connectivity index (χ3n) is 4.26. The normalized spacial score (nSPS) is 10.8. The lowest BCUT2D eigenvalue weighted by Crippen LogP contribution is -2.05. The van der Waals surface area contributed by atoms with Crippen molar-refractivity contribution < 1.29 is 9.26 Å². The van der Waals surface area contributed by atoms with Gasteiger partial charge in [-0.25, -0.2) is 4.98 Å². The summed E-state index contributed by atoms with van der Waals surface area (Å²) in [7, 11) is 2.75. The fraction of sp³-hybridized carbons (Fsp3) is 0.0952. The number of benzene rings is 1. The molecule has 0 saturated heterocycles. The van der Waals surface area contributed by atoms with E-state index in [0.29, 0.717) is 24.6 Å². The third-order valence-corrected chi connectivity index (χ3v) is 4.80. The molecular weight excluding hydrogens is 371 g/mol. The van der Waals surface area contributed by atoms with E-state index in [9.17, 15) is 0 Å². The van der Waals surface area contributed by atoms with E-state index >= 15 is 0 Å². The number of pyridine rings is 2. The molecule has 28 heavy (non-hydrogen) atoms. The molecule has 0 radical (unpaired) electrons. The van der Waals surface area contributed by atoms with Crippen LogP contribution < -0.4 is 15.8 Å². The second-order valence-electron chi connectivity index (χ2n) is 6.27. The molecule has 2 N–H and O–H groups in total. The maximum atomic E-state index is 5.91. The van der Waals surface area contributed by atoms with Gasteiger partial charge < -0.3 is 15.0 Å². The van der Waals surface area contributed by atoms with E-state index in [0.717, 1.165) is 33.6 Å². The van der Waals surface area contributed by atoms with Crippen molar-refractivity contribution in [3.8, 4) is 17.1 Å². The Labute approximate surface area is 165 Å². The van der Waals surface area contributed by atoms with Crippen molar-refractivity contribution in [2.75, 3.05) is 5.73 Å². The standard InChI is InChI=1S/C21H19N4O2P/c22-21-18(5-3-9-24-21)19-11-16(25-27-19)10-14-6-7-17(12-20(14)28)26-13-15-4-1-2-8-23-15/h1-9,11-12H,10,13,28H2,(H2,22,24). The fourth-order valence-electron chi connectivity index (χ4n) is 2.81. The number of hydrogen-bond donors (Lipinski definition) is 1. The maximum Gasteiger partial charge on any atom is 0.170 e. The number of aromatic nitrogens is 3. The predicted octanol–water partition coefficient (Wildman–Crippen LogP) is 3.38. The third kappa shape index (κ3) is 4.18. The summed E-state index contributed by atoms with van der Waals surface area (Å²) in [5.41, 5.74) is 9.48. The number of ether oxygens (including phenoxy) is 1. The first-order valence-electron chi connectivity index (χ1n) is 8.76. The highest BCUT2D eigenvalue weighted by Crippen LogP contribution is 2.25. The van der Waals surface area contributed by atoms with Crippen LogP contribution in [0.1, 0.15) is 17.0 Å². The zero-order chi connectivity index (χ0) is 19.3. The first-order valence-corrected chi connectivity index (χ1v) is 9.34. The van der Waals surface area contributed by atoms with Gasteiger partial charge in [0.25, 0.3) is 0 Å². The highest BCUT2D eigenvalue weighted by molar-refractivity contribution is 7.27. The average Bonchev–Trinajstić information content (AvgIpc) is 3.18. The second kappa shape index (κ2) is 8.19. The predicted molar refractivity (Wildman–Crippen MR) is 111 cm³/mol. The number of nitrogen functional groups attached to an aromatic ring is 1. The van der Waals surface area contributed by atoms with Crippen LogP contribution >= 0.6 is 9.24 Å². The first-order chi connectivity index (χ1) is 13.7. The molecule has 140 valence electrons. The summed E-state index contributed by atoms with van der Waals surface area (Å²) in [5, 5.41) is 5.21. The van der Waals surface area contributed by atoms with E-state index in [2.05, 4.69) is 24.4 Å². The molecule has 0 amide bonds. The van der Waals surface area contributed by atoms with Gasteiger partial charge in [0.05, 0.1) is 17.0 Å². The zero-order valence-corrected chi connectivity index (χ0v) is 16.2. The number of nitrogens with two attached hydrogens (primary N) is 1. The SMILES string of the molecule is Nc1ncccc1-c1cc(Cc2ccc(OCc3ccccn3)cc2P)no1. The molecule has 1 unspecified atom stereocenters. The summed E-state index contributed by atoms with van der Waals surface area (Å²) in [6.07, 6.45) is 4.05. The summed E-state index contributed by atoms with van der Waals surface area (Å²) < 4.78 is 11.3. The minimum atomic E-state index is 0.423. The molecule has 0 spiro atoms. The van der Waals surface area contributed by atoms with Crippen LogP contribution in [-0.4, -0.2) is 15.1 Å². The molecule has 0 aliphatic rings. The molecule has 0 aliphatic carbocycles. The van der Waals surface area contributed by atoms with Crippen molar-refractivity contribution in [2.24, 2.45) is 0 Å². The lowest BCUT2D eigenvalue weighted by molar-refractivity contribution is 0.301. The molecule has 3 aromatic heterocycles. The molecule has 4 aromatic rings. The molecule has 3 heterocycles. The Kier molecular flexibility index (Phi) is 5.31. The minimum Gasteiger partial charge on any atom is -0.487 e. The minimum absolute atomic E-state index is 0.423. The molecule has 4 rings (SSSR count). The van der Waals surface area contributed by atoms with Crippen molar-refractivity contribution in [1.29, 1.82) is 0 Å². The molecule has 0 fully saturated rings. The van der Waals surface area contributed by atoms with Crippen molar-refractivity contribution in [3.63, 3.8) is 0 Å². The van der Waals surface area contributed by atoms with Crippen molar-refractivity contribution >= 4 is 20.4 Å². The van der Waals surface area contributed by atoms with Crippen LogP contribution in [0.25, 0.3) is 11.3 Å². The molecule has 1 atom stereocenters. The van der Waals surface area contributed by atoms with Crippen LogP contribution in [0.5, 0.6) is 5.75 Å². The summed E-state index contributed by atoms with van der Waals surface area (Å²) in [4.78, 5) is 8.34. The van der Waals surface area contributed by atoms with E-state index in [1.54, 1.807) is 12.4 Å². The molecular formula is C21H19N4O2P. The monoisotopic (exact) mass is 390 g/mol. The van der Waals surface area contributed by atoms with Crippen LogP contribution in [0.3, 0.4) is 0 Å². The summed E-state index contributed by atoms with van der Waals surface area (Å²) in [6.45, 7) is 0.434. The molecule has 6 nitrogen and oxygen atoms in total. The molecule has 0 bridgehead atoms.